The van der Waals surface area contributed by atoms with Gasteiger partial charge in [0.1, 0.15) is 12.4 Å². The fourth-order valence-corrected chi connectivity index (χ4v) is 3.99. The van der Waals surface area contributed by atoms with E-state index in [1.165, 1.54) is 12.1 Å². The van der Waals surface area contributed by atoms with Gasteiger partial charge in [-0.15, -0.1) is 0 Å². The van der Waals surface area contributed by atoms with Gasteiger partial charge in [-0.2, -0.15) is 13.2 Å². The van der Waals surface area contributed by atoms with Crippen molar-refractivity contribution < 1.29 is 27.8 Å². The number of carbonyl (C=O) groups excluding carboxylic acids is 1. The molecule has 5 nitrogen and oxygen atoms in total. The molecule has 32 heavy (non-hydrogen) atoms. The second kappa shape index (κ2) is 8.50. The maximum atomic E-state index is 12.9. The van der Waals surface area contributed by atoms with E-state index in [1.807, 2.05) is 13.0 Å². The van der Waals surface area contributed by atoms with Gasteiger partial charge in [0.25, 0.3) is 0 Å². The average Bonchev–Trinajstić information content (AvgIpc) is 3.16. The number of aromatic nitrogens is 1. The molecule has 1 aliphatic carbocycles. The quantitative estimate of drug-likeness (QED) is 0.475. The molecule has 1 fully saturated rings. The molecule has 0 atom stereocenters. The van der Waals surface area contributed by atoms with Gasteiger partial charge < -0.3 is 20.1 Å². The maximum absolute atomic E-state index is 12.9. The molecule has 3 aromatic rings. The summed E-state index contributed by atoms with van der Waals surface area (Å²) >= 11 is 0. The third-order valence-electron chi connectivity index (χ3n) is 6.20. The lowest BCUT2D eigenvalue weighted by Crippen LogP contribution is -2.38. The van der Waals surface area contributed by atoms with Crippen molar-refractivity contribution in [2.75, 3.05) is 5.32 Å². The van der Waals surface area contributed by atoms with Crippen molar-refractivity contribution in [3.63, 3.8) is 0 Å². The molecule has 1 aliphatic rings. The molecule has 0 spiro atoms. The van der Waals surface area contributed by atoms with Crippen LogP contribution in [0.5, 0.6) is 5.75 Å². The summed E-state index contributed by atoms with van der Waals surface area (Å²) < 4.78 is 43.9. The molecule has 0 saturated heterocycles. The predicted molar refractivity (Wildman–Crippen MR) is 115 cm³/mol. The Morgan fingerprint density at radius 3 is 2.53 bits per heavy atom. The Kier molecular flexibility index (Phi) is 5.90. The van der Waals surface area contributed by atoms with Gasteiger partial charge in [0.15, 0.2) is 0 Å². The Bertz CT molecular complexity index is 1100. The number of alkyl halides is 3. The minimum absolute atomic E-state index is 0.0821. The first-order valence-corrected chi connectivity index (χ1v) is 10.5. The molecule has 1 amide bonds. The van der Waals surface area contributed by atoms with Crippen LogP contribution >= 0.6 is 0 Å². The number of halogens is 3. The van der Waals surface area contributed by atoms with Crippen molar-refractivity contribution in [3.8, 4) is 5.75 Å². The predicted octanol–water partition coefficient (Wildman–Crippen LogP) is 5.65. The van der Waals surface area contributed by atoms with Crippen LogP contribution in [0, 0.1) is 5.41 Å². The molecular weight excluding hydrogens is 421 g/mol. The van der Waals surface area contributed by atoms with Gasteiger partial charge in [0.05, 0.1) is 17.4 Å². The fraction of sp³-hybridized carbons (Fsp3) is 0.375. The molecule has 1 saturated carbocycles. The van der Waals surface area contributed by atoms with Crippen molar-refractivity contribution in [1.29, 1.82) is 0 Å². The number of amides is 1. The summed E-state index contributed by atoms with van der Waals surface area (Å²) in [5.41, 5.74) is 0.854. The van der Waals surface area contributed by atoms with E-state index in [9.17, 15) is 23.1 Å². The SMILES string of the molecule is C[C@]1(C(=O)Nc2c[nH]c3ccc(OCc4ccc(C(F)(F)F)cc4)cc23)CC[C@H](O)CC1. The van der Waals surface area contributed by atoms with E-state index >= 15 is 0 Å². The van der Waals surface area contributed by atoms with Gasteiger partial charge in [-0.25, -0.2) is 0 Å². The molecule has 0 aliphatic heterocycles. The van der Waals surface area contributed by atoms with Gasteiger partial charge in [-0.05, 0) is 61.6 Å². The van der Waals surface area contributed by atoms with Crippen LogP contribution in [-0.2, 0) is 17.6 Å². The number of nitrogens with one attached hydrogen (secondary N) is 2. The maximum Gasteiger partial charge on any atom is 0.416 e. The first-order valence-electron chi connectivity index (χ1n) is 10.5. The summed E-state index contributed by atoms with van der Waals surface area (Å²) in [6.45, 7) is 2.04. The van der Waals surface area contributed by atoms with Gasteiger partial charge in [-0.3, -0.25) is 4.79 Å². The highest BCUT2D eigenvalue weighted by Gasteiger charge is 2.37. The number of aliphatic hydroxyl groups is 1. The van der Waals surface area contributed by atoms with Crippen molar-refractivity contribution in [2.24, 2.45) is 5.41 Å². The molecular formula is C24H25F3N2O3. The average molecular weight is 446 g/mol. The van der Waals surface area contributed by atoms with Crippen LogP contribution in [0.4, 0.5) is 18.9 Å². The molecule has 3 N–H and O–H groups in total. The first kappa shape index (κ1) is 22.2. The number of benzene rings is 2. The number of carbonyl (C=O) groups is 1. The highest BCUT2D eigenvalue weighted by atomic mass is 19.4. The zero-order valence-electron chi connectivity index (χ0n) is 17.6. The summed E-state index contributed by atoms with van der Waals surface area (Å²) in [6, 6.07) is 10.2. The normalized spacial score (nSPS) is 21.5. The Labute approximate surface area is 183 Å². The van der Waals surface area contributed by atoms with E-state index in [0.717, 1.165) is 23.0 Å². The number of fused-ring (bicyclic) bond motifs is 1. The van der Waals surface area contributed by atoms with E-state index in [2.05, 4.69) is 10.3 Å². The van der Waals surface area contributed by atoms with Gasteiger partial charge in [0.2, 0.25) is 5.91 Å². The van der Waals surface area contributed by atoms with E-state index in [1.54, 1.807) is 18.3 Å². The zero-order chi connectivity index (χ0) is 22.9. The van der Waals surface area contributed by atoms with Gasteiger partial charge in [0, 0.05) is 22.5 Å². The number of rotatable bonds is 5. The standard InChI is InChI=1S/C24H25F3N2O3/c1-23(10-8-17(30)9-11-23)22(31)29-21-13-28-20-7-6-18(12-19(20)21)32-14-15-2-4-16(5-3-15)24(25,26)27/h2-7,12-13,17,28,30H,8-11,14H2,1H3,(H,29,31)/t17-,23-. The Balaban J connectivity index is 1.45. The molecule has 170 valence electrons. The van der Waals surface area contributed by atoms with Crippen LogP contribution in [0.3, 0.4) is 0 Å². The van der Waals surface area contributed by atoms with Crippen molar-refractivity contribution in [2.45, 2.75) is 51.5 Å². The lowest BCUT2D eigenvalue weighted by atomic mass is 9.74. The summed E-state index contributed by atoms with van der Waals surface area (Å²) in [4.78, 5) is 16.0. The molecule has 0 bridgehead atoms. The first-order chi connectivity index (χ1) is 15.1. The second-order valence-electron chi connectivity index (χ2n) is 8.64. The van der Waals surface area contributed by atoms with E-state index in [-0.39, 0.29) is 18.6 Å². The molecule has 2 aromatic carbocycles. The summed E-state index contributed by atoms with van der Waals surface area (Å²) in [7, 11) is 0. The monoisotopic (exact) mass is 446 g/mol. The minimum Gasteiger partial charge on any atom is -0.489 e. The number of hydrogen-bond donors (Lipinski definition) is 3. The van der Waals surface area contributed by atoms with Crippen LogP contribution < -0.4 is 10.1 Å². The topological polar surface area (TPSA) is 74.4 Å². The molecule has 1 heterocycles. The number of H-pyrrole nitrogens is 1. The third-order valence-corrected chi connectivity index (χ3v) is 6.20. The minimum atomic E-state index is -4.37. The molecule has 0 radical (unpaired) electrons. The van der Waals surface area contributed by atoms with Crippen molar-refractivity contribution in [1.82, 2.24) is 4.98 Å². The summed E-state index contributed by atoms with van der Waals surface area (Å²) in [5.74, 6) is 0.459. The summed E-state index contributed by atoms with van der Waals surface area (Å²) in [6.07, 6.45) is -0.502. The second-order valence-corrected chi connectivity index (χ2v) is 8.64. The van der Waals surface area contributed by atoms with Crippen LogP contribution in [0.15, 0.2) is 48.7 Å². The number of aromatic amines is 1. The number of anilines is 1. The lowest BCUT2D eigenvalue weighted by molar-refractivity contribution is -0.137. The number of hydrogen-bond acceptors (Lipinski definition) is 3. The smallest absolute Gasteiger partial charge is 0.416 e. The van der Waals surface area contributed by atoms with E-state index in [4.69, 9.17) is 4.74 Å². The van der Waals surface area contributed by atoms with Gasteiger partial charge >= 0.3 is 6.18 Å². The Morgan fingerprint density at radius 1 is 1.19 bits per heavy atom. The molecule has 1 aromatic heterocycles. The fourth-order valence-electron chi connectivity index (χ4n) is 3.99. The van der Waals surface area contributed by atoms with E-state index in [0.29, 0.717) is 42.7 Å². The van der Waals surface area contributed by atoms with Crippen LogP contribution in [-0.4, -0.2) is 22.1 Å². The Hall–Kier alpha value is -3.00. The van der Waals surface area contributed by atoms with E-state index < -0.39 is 17.2 Å². The zero-order valence-corrected chi connectivity index (χ0v) is 17.6. The Morgan fingerprint density at radius 2 is 1.88 bits per heavy atom. The molecule has 4 rings (SSSR count). The highest BCUT2D eigenvalue weighted by Crippen LogP contribution is 2.38. The van der Waals surface area contributed by atoms with Crippen LogP contribution in [0.25, 0.3) is 10.9 Å². The highest BCUT2D eigenvalue weighted by molar-refractivity contribution is 6.03. The molecule has 0 unspecified atom stereocenters. The largest absolute Gasteiger partial charge is 0.489 e. The number of aliphatic hydroxyl groups excluding tert-OH is 1. The van der Waals surface area contributed by atoms with Crippen LogP contribution in [0.2, 0.25) is 0 Å². The lowest BCUT2D eigenvalue weighted by Gasteiger charge is -2.34. The third kappa shape index (κ3) is 4.75. The van der Waals surface area contributed by atoms with Gasteiger partial charge in [-0.1, -0.05) is 19.1 Å². The van der Waals surface area contributed by atoms with Crippen LogP contribution in [0.1, 0.15) is 43.7 Å². The summed E-state index contributed by atoms with van der Waals surface area (Å²) in [5, 5.41) is 13.5. The van der Waals surface area contributed by atoms with Crippen molar-refractivity contribution >= 4 is 22.5 Å². The molecule has 8 heteroatoms. The van der Waals surface area contributed by atoms with Crippen molar-refractivity contribution in [3.05, 3.63) is 59.8 Å². The number of ether oxygens (including phenoxy) is 1.